The van der Waals surface area contributed by atoms with Crippen LogP contribution in [0.4, 0.5) is 5.69 Å². The van der Waals surface area contributed by atoms with Crippen molar-refractivity contribution < 1.29 is 22.7 Å². The predicted octanol–water partition coefficient (Wildman–Crippen LogP) is 3.70. The van der Waals surface area contributed by atoms with E-state index >= 15 is 0 Å². The van der Waals surface area contributed by atoms with Crippen molar-refractivity contribution in [3.63, 3.8) is 0 Å². The molecule has 190 valence electrons. The van der Waals surface area contributed by atoms with Crippen molar-refractivity contribution >= 4 is 43.5 Å². The number of hydrogen-bond donors (Lipinski definition) is 1. The SMILES string of the molecule is COc1ccc(CN(C(=O)CN(c2ccccc2Br)S(C)(=O)=O)[C@@H](C)C(=O)NC2CCCC2)cc1. The average Bonchev–Trinajstić information content (AvgIpc) is 3.33. The Balaban J connectivity index is 1.88. The Kier molecular flexibility index (Phi) is 9.18. The fourth-order valence-electron chi connectivity index (χ4n) is 4.15. The average molecular weight is 567 g/mol. The van der Waals surface area contributed by atoms with Crippen molar-refractivity contribution in [3.05, 3.63) is 58.6 Å². The largest absolute Gasteiger partial charge is 0.497 e. The Morgan fingerprint density at radius 3 is 2.31 bits per heavy atom. The molecule has 35 heavy (non-hydrogen) atoms. The number of carbonyl (C=O) groups is 2. The van der Waals surface area contributed by atoms with Gasteiger partial charge in [0.15, 0.2) is 0 Å². The minimum absolute atomic E-state index is 0.107. The van der Waals surface area contributed by atoms with Gasteiger partial charge in [-0.3, -0.25) is 13.9 Å². The summed E-state index contributed by atoms with van der Waals surface area (Å²) in [7, 11) is -2.21. The smallest absolute Gasteiger partial charge is 0.244 e. The van der Waals surface area contributed by atoms with Crippen LogP contribution in [-0.2, 0) is 26.2 Å². The first-order valence-electron chi connectivity index (χ1n) is 11.5. The van der Waals surface area contributed by atoms with Crippen molar-refractivity contribution in [3.8, 4) is 5.75 Å². The van der Waals surface area contributed by atoms with Gasteiger partial charge in [-0.1, -0.05) is 37.1 Å². The second-order valence-electron chi connectivity index (χ2n) is 8.76. The molecule has 0 aliphatic heterocycles. The lowest BCUT2D eigenvalue weighted by atomic mass is 10.1. The summed E-state index contributed by atoms with van der Waals surface area (Å²) in [5.74, 6) is -0.0440. The zero-order chi connectivity index (χ0) is 25.6. The third kappa shape index (κ3) is 7.20. The Bertz CT molecular complexity index is 1130. The lowest BCUT2D eigenvalue weighted by Crippen LogP contribution is -2.52. The molecule has 0 spiro atoms. The molecular formula is C25H32BrN3O5S. The molecule has 1 saturated carbocycles. The van der Waals surface area contributed by atoms with Crippen LogP contribution in [0.5, 0.6) is 5.75 Å². The summed E-state index contributed by atoms with van der Waals surface area (Å²) >= 11 is 3.38. The Labute approximate surface area is 215 Å². The van der Waals surface area contributed by atoms with E-state index in [0.29, 0.717) is 15.9 Å². The van der Waals surface area contributed by atoms with Gasteiger partial charge in [0, 0.05) is 17.1 Å². The first kappa shape index (κ1) is 27.0. The molecule has 1 aliphatic carbocycles. The van der Waals surface area contributed by atoms with Crippen molar-refractivity contribution in [2.45, 2.75) is 51.2 Å². The van der Waals surface area contributed by atoms with Gasteiger partial charge < -0.3 is 15.0 Å². The standard InChI is InChI=1S/C25H32BrN3O5S/c1-18(25(31)27-20-8-4-5-9-20)28(16-19-12-14-21(34-2)15-13-19)24(30)17-29(35(3,32)33)23-11-7-6-10-22(23)26/h6-7,10-15,18,20H,4-5,8-9,16-17H2,1-3H3,(H,27,31)/t18-/m0/s1. The number of methoxy groups -OCH3 is 1. The monoisotopic (exact) mass is 565 g/mol. The number of benzene rings is 2. The van der Waals surface area contributed by atoms with Gasteiger partial charge in [-0.05, 0) is 65.5 Å². The number of para-hydroxylation sites is 1. The van der Waals surface area contributed by atoms with Crippen LogP contribution in [0.3, 0.4) is 0 Å². The number of halogens is 1. The van der Waals surface area contributed by atoms with E-state index in [0.717, 1.165) is 41.8 Å². The number of carbonyl (C=O) groups excluding carboxylic acids is 2. The zero-order valence-electron chi connectivity index (χ0n) is 20.2. The van der Waals surface area contributed by atoms with Crippen LogP contribution in [0.15, 0.2) is 53.0 Å². The molecule has 1 fully saturated rings. The third-order valence-electron chi connectivity index (χ3n) is 6.18. The molecule has 2 aromatic rings. The molecular weight excluding hydrogens is 534 g/mol. The molecule has 1 N–H and O–H groups in total. The quantitative estimate of drug-likeness (QED) is 0.473. The number of hydrogen-bond acceptors (Lipinski definition) is 5. The Morgan fingerprint density at radius 2 is 1.74 bits per heavy atom. The summed E-state index contributed by atoms with van der Waals surface area (Å²) in [6, 6.07) is 13.3. The van der Waals surface area contributed by atoms with Crippen molar-refractivity contribution in [2.75, 3.05) is 24.2 Å². The number of rotatable bonds is 10. The Morgan fingerprint density at radius 1 is 1.11 bits per heavy atom. The number of anilines is 1. The summed E-state index contributed by atoms with van der Waals surface area (Å²) in [6.45, 7) is 1.39. The molecule has 2 amide bonds. The summed E-state index contributed by atoms with van der Waals surface area (Å²) < 4.78 is 32.1. The molecule has 0 saturated heterocycles. The number of nitrogens with zero attached hydrogens (tertiary/aromatic N) is 2. The van der Waals surface area contributed by atoms with Crippen LogP contribution in [0, 0.1) is 0 Å². The zero-order valence-corrected chi connectivity index (χ0v) is 22.6. The molecule has 3 rings (SSSR count). The van der Waals surface area contributed by atoms with Gasteiger partial charge in [0.1, 0.15) is 18.3 Å². The summed E-state index contributed by atoms with van der Waals surface area (Å²) in [6.07, 6.45) is 5.06. The second kappa shape index (κ2) is 11.9. The van der Waals surface area contributed by atoms with Crippen molar-refractivity contribution in [1.82, 2.24) is 10.2 Å². The fourth-order valence-corrected chi connectivity index (χ4v) is 5.63. The van der Waals surface area contributed by atoms with Crippen LogP contribution in [0.1, 0.15) is 38.2 Å². The number of sulfonamides is 1. The number of amides is 2. The highest BCUT2D eigenvalue weighted by molar-refractivity contribution is 9.10. The first-order chi connectivity index (χ1) is 16.6. The van der Waals surface area contributed by atoms with Gasteiger partial charge >= 0.3 is 0 Å². The van der Waals surface area contributed by atoms with Crippen molar-refractivity contribution in [1.29, 1.82) is 0 Å². The molecule has 1 aliphatic rings. The fraction of sp³-hybridized carbons (Fsp3) is 0.440. The van der Waals surface area contributed by atoms with E-state index in [1.165, 1.54) is 4.90 Å². The van der Waals surface area contributed by atoms with Gasteiger partial charge in [-0.2, -0.15) is 0 Å². The molecule has 0 bridgehead atoms. The lowest BCUT2D eigenvalue weighted by Gasteiger charge is -2.32. The van der Waals surface area contributed by atoms with E-state index in [1.807, 2.05) is 12.1 Å². The van der Waals surface area contributed by atoms with Crippen LogP contribution >= 0.6 is 15.9 Å². The van der Waals surface area contributed by atoms with Gasteiger partial charge in [-0.15, -0.1) is 0 Å². The summed E-state index contributed by atoms with van der Waals surface area (Å²) in [5.41, 5.74) is 1.15. The molecule has 0 heterocycles. The maximum absolute atomic E-state index is 13.6. The number of nitrogens with one attached hydrogen (secondary N) is 1. The van der Waals surface area contributed by atoms with Crippen LogP contribution in [0.25, 0.3) is 0 Å². The van der Waals surface area contributed by atoms with Gasteiger partial charge in [0.05, 0.1) is 19.1 Å². The highest BCUT2D eigenvalue weighted by Gasteiger charge is 2.31. The van der Waals surface area contributed by atoms with E-state index in [1.54, 1.807) is 50.4 Å². The Hall–Kier alpha value is -2.59. The van der Waals surface area contributed by atoms with Crippen LogP contribution in [0.2, 0.25) is 0 Å². The highest BCUT2D eigenvalue weighted by atomic mass is 79.9. The topological polar surface area (TPSA) is 96.0 Å². The molecule has 0 unspecified atom stereocenters. The minimum atomic E-state index is -3.78. The minimum Gasteiger partial charge on any atom is -0.497 e. The van der Waals surface area contributed by atoms with Crippen molar-refractivity contribution in [2.24, 2.45) is 0 Å². The van der Waals surface area contributed by atoms with E-state index in [2.05, 4.69) is 21.2 Å². The van der Waals surface area contributed by atoms with Crippen LogP contribution < -0.4 is 14.4 Å². The maximum atomic E-state index is 13.6. The maximum Gasteiger partial charge on any atom is 0.244 e. The summed E-state index contributed by atoms with van der Waals surface area (Å²) in [5, 5.41) is 3.05. The molecule has 2 aromatic carbocycles. The predicted molar refractivity (Wildman–Crippen MR) is 140 cm³/mol. The molecule has 0 radical (unpaired) electrons. The van der Waals surface area contributed by atoms with Gasteiger partial charge in [-0.25, -0.2) is 8.42 Å². The highest BCUT2D eigenvalue weighted by Crippen LogP contribution is 2.28. The molecule has 10 heteroatoms. The second-order valence-corrected chi connectivity index (χ2v) is 11.5. The van der Waals surface area contributed by atoms with E-state index < -0.39 is 28.5 Å². The summed E-state index contributed by atoms with van der Waals surface area (Å²) in [4.78, 5) is 28.1. The van der Waals surface area contributed by atoms with Gasteiger partial charge in [0.25, 0.3) is 0 Å². The van der Waals surface area contributed by atoms with Crippen LogP contribution in [-0.4, -0.2) is 57.1 Å². The van der Waals surface area contributed by atoms with Gasteiger partial charge in [0.2, 0.25) is 21.8 Å². The lowest BCUT2D eigenvalue weighted by molar-refractivity contribution is -0.139. The first-order valence-corrected chi connectivity index (χ1v) is 14.2. The molecule has 0 aromatic heterocycles. The van der Waals surface area contributed by atoms with E-state index in [9.17, 15) is 18.0 Å². The van der Waals surface area contributed by atoms with E-state index in [-0.39, 0.29) is 18.5 Å². The number of ether oxygens (including phenoxy) is 1. The third-order valence-corrected chi connectivity index (χ3v) is 7.98. The molecule has 8 nitrogen and oxygen atoms in total. The van der Waals surface area contributed by atoms with E-state index in [4.69, 9.17) is 4.74 Å². The molecule has 1 atom stereocenters. The normalized spacial score (nSPS) is 14.9.